The summed E-state index contributed by atoms with van der Waals surface area (Å²) in [6.45, 7) is 4.56. The first-order valence-corrected chi connectivity index (χ1v) is 12.2. The minimum absolute atomic E-state index is 0.0573. The summed E-state index contributed by atoms with van der Waals surface area (Å²) in [7, 11) is 0. The van der Waals surface area contributed by atoms with E-state index in [4.69, 9.17) is 4.74 Å². The van der Waals surface area contributed by atoms with Gasteiger partial charge in [-0.2, -0.15) is 10.4 Å². The molecule has 1 fully saturated rings. The van der Waals surface area contributed by atoms with Crippen LogP contribution in [0.1, 0.15) is 36.5 Å². The highest BCUT2D eigenvalue weighted by atomic mass is 16.5. The standard InChI is InChI=1S/C28H31N5O2/c1-2-35-24-14-25(27-23(16-29)18-31-33(27)19-24)22-8-9-26(30-17-22)32-12-10-28(20-34,11-13-32)15-21-6-4-3-5-7-21/h3-9,14,17-19,26,30,34H,2,10-13,15,20H2,1H3. The third-order valence-corrected chi connectivity index (χ3v) is 7.21. The van der Waals surface area contributed by atoms with Gasteiger partial charge in [0.1, 0.15) is 11.8 Å². The van der Waals surface area contributed by atoms with Crippen LogP contribution < -0.4 is 10.1 Å². The summed E-state index contributed by atoms with van der Waals surface area (Å²) in [6.07, 6.45) is 12.6. The molecule has 1 saturated heterocycles. The van der Waals surface area contributed by atoms with E-state index in [1.54, 1.807) is 10.7 Å². The molecule has 5 rings (SSSR count). The third-order valence-electron chi connectivity index (χ3n) is 7.21. The molecule has 0 amide bonds. The molecule has 2 aromatic heterocycles. The van der Waals surface area contributed by atoms with E-state index in [1.807, 2.05) is 31.5 Å². The smallest absolute Gasteiger partial charge is 0.138 e. The van der Waals surface area contributed by atoms with Crippen LogP contribution in [0.5, 0.6) is 5.75 Å². The first kappa shape index (κ1) is 23.2. The van der Waals surface area contributed by atoms with Gasteiger partial charge in [-0.15, -0.1) is 0 Å². The van der Waals surface area contributed by atoms with Crippen LogP contribution in [0, 0.1) is 16.7 Å². The van der Waals surface area contributed by atoms with Gasteiger partial charge in [-0.1, -0.05) is 36.4 Å². The van der Waals surface area contributed by atoms with E-state index < -0.39 is 0 Å². The number of likely N-dealkylation sites (tertiary alicyclic amines) is 1. The normalized spacial score (nSPS) is 19.7. The molecule has 2 aliphatic heterocycles. The Hall–Kier alpha value is -3.60. The fraction of sp³-hybridized carbons (Fsp3) is 0.357. The quantitative estimate of drug-likeness (QED) is 0.548. The molecule has 2 N–H and O–H groups in total. The second-order valence-electron chi connectivity index (χ2n) is 9.41. The average Bonchev–Trinajstić information content (AvgIpc) is 3.33. The maximum Gasteiger partial charge on any atom is 0.138 e. The fourth-order valence-corrected chi connectivity index (χ4v) is 5.21. The first-order valence-electron chi connectivity index (χ1n) is 12.2. The van der Waals surface area contributed by atoms with Crippen LogP contribution >= 0.6 is 0 Å². The molecule has 0 aliphatic carbocycles. The Labute approximate surface area is 205 Å². The van der Waals surface area contributed by atoms with Crippen LogP contribution in [0.4, 0.5) is 0 Å². The van der Waals surface area contributed by atoms with Gasteiger partial charge in [0.05, 0.1) is 36.2 Å². The maximum atomic E-state index is 10.2. The van der Waals surface area contributed by atoms with Gasteiger partial charge in [0.25, 0.3) is 0 Å². The van der Waals surface area contributed by atoms with Crippen LogP contribution in [0.25, 0.3) is 11.1 Å². The second kappa shape index (κ2) is 9.95. The van der Waals surface area contributed by atoms with Gasteiger partial charge in [-0.05, 0) is 54.9 Å². The molecule has 1 aromatic carbocycles. The SMILES string of the molecule is CCOc1cc(C2=CNC(N3CCC(CO)(Cc4ccccc4)CC3)C=C2)c2c(C#N)cnn2c1. The van der Waals surface area contributed by atoms with E-state index in [0.717, 1.165) is 49.0 Å². The zero-order valence-electron chi connectivity index (χ0n) is 20.0. The highest BCUT2D eigenvalue weighted by Crippen LogP contribution is 2.36. The first-order chi connectivity index (χ1) is 17.1. The summed E-state index contributed by atoms with van der Waals surface area (Å²) in [5, 5.41) is 27.7. The Kier molecular flexibility index (Phi) is 6.58. The number of nitriles is 1. The number of allylic oxidation sites excluding steroid dienone is 2. The number of dihydropyridines is 1. The Bertz CT molecular complexity index is 1280. The van der Waals surface area contributed by atoms with Gasteiger partial charge in [-0.25, -0.2) is 4.52 Å². The predicted octanol–water partition coefficient (Wildman–Crippen LogP) is 3.75. The largest absolute Gasteiger partial charge is 0.492 e. The minimum Gasteiger partial charge on any atom is -0.492 e. The Morgan fingerprint density at radius 1 is 1.26 bits per heavy atom. The van der Waals surface area contributed by atoms with E-state index in [1.165, 1.54) is 5.56 Å². The van der Waals surface area contributed by atoms with E-state index in [0.29, 0.717) is 17.9 Å². The van der Waals surface area contributed by atoms with Crippen LogP contribution in [-0.4, -0.2) is 52.1 Å². The number of hydrogen-bond acceptors (Lipinski definition) is 6. The van der Waals surface area contributed by atoms with Gasteiger partial charge < -0.3 is 15.2 Å². The molecule has 0 spiro atoms. The van der Waals surface area contributed by atoms with Crippen molar-refractivity contribution in [3.63, 3.8) is 0 Å². The number of rotatable bonds is 7. The number of aliphatic hydroxyl groups excluding tert-OH is 1. The van der Waals surface area contributed by atoms with Crippen molar-refractivity contribution in [2.24, 2.45) is 5.41 Å². The Morgan fingerprint density at radius 2 is 2.06 bits per heavy atom. The van der Waals surface area contributed by atoms with E-state index >= 15 is 0 Å². The molecule has 1 atom stereocenters. The number of ether oxygens (including phenoxy) is 1. The summed E-state index contributed by atoms with van der Waals surface area (Å²) < 4.78 is 7.45. The van der Waals surface area contributed by atoms with Gasteiger partial charge in [0, 0.05) is 31.5 Å². The Morgan fingerprint density at radius 3 is 2.71 bits per heavy atom. The zero-order valence-corrected chi connectivity index (χ0v) is 20.0. The number of hydrogen-bond donors (Lipinski definition) is 2. The topological polar surface area (TPSA) is 85.8 Å². The molecule has 1 unspecified atom stereocenters. The number of pyridine rings is 1. The summed E-state index contributed by atoms with van der Waals surface area (Å²) in [5.74, 6) is 0.716. The van der Waals surface area contributed by atoms with Crippen LogP contribution in [-0.2, 0) is 6.42 Å². The van der Waals surface area contributed by atoms with E-state index in [-0.39, 0.29) is 18.2 Å². The number of aliphatic hydroxyl groups is 1. The highest BCUT2D eigenvalue weighted by Gasteiger charge is 2.36. The molecule has 0 saturated carbocycles. The number of benzene rings is 1. The molecule has 180 valence electrons. The molecule has 0 bridgehead atoms. The van der Waals surface area contributed by atoms with Crippen molar-refractivity contribution in [1.29, 1.82) is 5.26 Å². The lowest BCUT2D eigenvalue weighted by molar-refractivity contribution is 0.0315. The molecule has 4 heterocycles. The molecule has 7 heteroatoms. The predicted molar refractivity (Wildman–Crippen MR) is 136 cm³/mol. The molecular weight excluding hydrogens is 438 g/mol. The van der Waals surface area contributed by atoms with Crippen LogP contribution in [0.3, 0.4) is 0 Å². The molecule has 7 nitrogen and oxygen atoms in total. The van der Waals surface area contributed by atoms with Gasteiger partial charge >= 0.3 is 0 Å². The molecule has 2 aliphatic rings. The van der Waals surface area contributed by atoms with Crippen molar-refractivity contribution >= 4 is 11.1 Å². The summed E-state index contributed by atoms with van der Waals surface area (Å²) >= 11 is 0. The van der Waals surface area contributed by atoms with Crippen molar-refractivity contribution in [3.05, 3.63) is 83.8 Å². The van der Waals surface area contributed by atoms with Gasteiger partial charge in [0.2, 0.25) is 0 Å². The van der Waals surface area contributed by atoms with Crippen molar-refractivity contribution in [3.8, 4) is 11.8 Å². The number of aromatic nitrogens is 2. The van der Waals surface area contributed by atoms with Crippen molar-refractivity contribution < 1.29 is 9.84 Å². The van der Waals surface area contributed by atoms with Crippen molar-refractivity contribution in [2.75, 3.05) is 26.3 Å². The summed E-state index contributed by atoms with van der Waals surface area (Å²) in [6, 6.07) is 14.7. The zero-order chi connectivity index (χ0) is 24.3. The molecule has 35 heavy (non-hydrogen) atoms. The number of piperidine rings is 1. The monoisotopic (exact) mass is 469 g/mol. The van der Waals surface area contributed by atoms with Crippen LogP contribution in [0.2, 0.25) is 0 Å². The molecular formula is C28H31N5O2. The summed E-state index contributed by atoms with van der Waals surface area (Å²) in [4.78, 5) is 2.43. The second-order valence-corrected chi connectivity index (χ2v) is 9.41. The van der Waals surface area contributed by atoms with E-state index in [9.17, 15) is 10.4 Å². The summed E-state index contributed by atoms with van der Waals surface area (Å²) in [5.41, 5.74) is 4.44. The third kappa shape index (κ3) is 4.68. The average molecular weight is 470 g/mol. The number of nitrogens with zero attached hydrogens (tertiary/aromatic N) is 4. The molecule has 0 radical (unpaired) electrons. The lowest BCUT2D eigenvalue weighted by atomic mass is 9.74. The number of fused-ring (bicyclic) bond motifs is 1. The highest BCUT2D eigenvalue weighted by molar-refractivity contribution is 5.87. The molecule has 3 aromatic rings. The van der Waals surface area contributed by atoms with Gasteiger partial charge in [-0.3, -0.25) is 4.90 Å². The lowest BCUT2D eigenvalue weighted by Crippen LogP contribution is -2.51. The Balaban J connectivity index is 1.30. The fourth-order valence-electron chi connectivity index (χ4n) is 5.21. The number of nitrogens with one attached hydrogen (secondary N) is 1. The van der Waals surface area contributed by atoms with Gasteiger partial charge in [0.15, 0.2) is 0 Å². The maximum absolute atomic E-state index is 10.2. The lowest BCUT2D eigenvalue weighted by Gasteiger charge is -2.43. The van der Waals surface area contributed by atoms with Crippen LogP contribution in [0.15, 0.2) is 67.1 Å². The minimum atomic E-state index is -0.0573. The van der Waals surface area contributed by atoms with Crippen molar-refractivity contribution in [2.45, 2.75) is 32.4 Å². The van der Waals surface area contributed by atoms with Crippen molar-refractivity contribution in [1.82, 2.24) is 19.8 Å². The van der Waals surface area contributed by atoms with E-state index in [2.05, 4.69) is 57.8 Å².